The Hall–Kier alpha value is 1.88. The molecule has 0 aromatic heterocycles. The molecular formula is CH3Br2Pb. The van der Waals surface area contributed by atoms with Crippen molar-refractivity contribution < 1.29 is 0 Å². The summed E-state index contributed by atoms with van der Waals surface area (Å²) in [5.41, 5.74) is 0. The van der Waals surface area contributed by atoms with Gasteiger partial charge in [0, 0.05) is 0 Å². The van der Waals surface area contributed by atoms with Gasteiger partial charge in [0.2, 0.25) is 0 Å². The van der Waals surface area contributed by atoms with Gasteiger partial charge in [0.05, 0.1) is 0 Å². The Balaban J connectivity index is 2.32. The van der Waals surface area contributed by atoms with E-state index in [1.165, 1.54) is 0 Å². The average molecular weight is 382 g/mol. The minimum absolute atomic E-state index is 1.03. The van der Waals surface area contributed by atoms with Crippen LogP contribution >= 0.6 is 24.0 Å². The van der Waals surface area contributed by atoms with E-state index in [-0.39, 0.29) is 0 Å². The van der Waals surface area contributed by atoms with E-state index in [4.69, 9.17) is 0 Å². The molecule has 1 radical (unpaired) electrons. The van der Waals surface area contributed by atoms with Crippen LogP contribution in [0.15, 0.2) is 0 Å². The van der Waals surface area contributed by atoms with Crippen molar-refractivity contribution in [3.8, 4) is 0 Å². The predicted molar refractivity (Wildman–Crippen MR) is 29.5 cm³/mol. The zero-order chi connectivity index (χ0) is 3.58. The van der Waals surface area contributed by atoms with E-state index >= 15 is 0 Å². The molecule has 0 nitrogen and oxygen atoms in total. The van der Waals surface area contributed by atoms with Gasteiger partial charge in [-0.3, -0.25) is 0 Å². The van der Waals surface area contributed by atoms with Crippen molar-refractivity contribution in [3.05, 3.63) is 0 Å². The van der Waals surface area contributed by atoms with Crippen LogP contribution in [-0.4, -0.2) is 17.9 Å². The van der Waals surface area contributed by atoms with Gasteiger partial charge in [-0.05, 0) is 0 Å². The summed E-state index contributed by atoms with van der Waals surface area (Å²) < 4.78 is 2.21. The van der Waals surface area contributed by atoms with Gasteiger partial charge < -0.3 is 0 Å². The molecule has 0 bridgehead atoms. The molecule has 0 fully saturated rings. The third kappa shape index (κ3) is 9.10. The standard InChI is InChI=1S/CH3.2BrH.Pb/h1H3;2*1H;/q;;;+2/p-2. The fourth-order valence-corrected chi connectivity index (χ4v) is 0. The number of halogens is 2. The van der Waals surface area contributed by atoms with Crippen LogP contribution in [0.4, 0.5) is 0 Å². The summed E-state index contributed by atoms with van der Waals surface area (Å²) >= 11 is 5.77. The van der Waals surface area contributed by atoms with Gasteiger partial charge in [-0.15, -0.1) is 0 Å². The molecule has 4 heavy (non-hydrogen) atoms. The van der Waals surface area contributed by atoms with E-state index in [0.29, 0.717) is 0 Å². The molecule has 0 atom stereocenters. The SMILES string of the molecule is [CH3][Pb]([Br])[Br]. The first kappa shape index (κ1) is 5.88. The zero-order valence-electron chi connectivity index (χ0n) is 2.26. The Morgan fingerprint density at radius 2 is 1.50 bits per heavy atom. The molecule has 0 unspecified atom stereocenters. The second-order valence-electron chi connectivity index (χ2n) is 0.449. The maximum atomic E-state index is 3.40. The van der Waals surface area contributed by atoms with Gasteiger partial charge in [-0.1, -0.05) is 0 Å². The predicted octanol–water partition coefficient (Wildman–Crippen LogP) is 1.89. The molecule has 0 N–H and O–H groups in total. The molecular weight excluding hydrogens is 379 g/mol. The minimum atomic E-state index is -1.03. The van der Waals surface area contributed by atoms with E-state index < -0.39 is 17.9 Å². The summed E-state index contributed by atoms with van der Waals surface area (Å²) in [6.07, 6.45) is 0. The van der Waals surface area contributed by atoms with Gasteiger partial charge in [-0.2, -0.15) is 0 Å². The van der Waals surface area contributed by atoms with Crippen LogP contribution < -0.4 is 0 Å². The van der Waals surface area contributed by atoms with Crippen molar-refractivity contribution in [1.29, 1.82) is 0 Å². The van der Waals surface area contributed by atoms with E-state index in [1.807, 2.05) is 0 Å². The normalized spacial score (nSPS) is 9.00. The Bertz CT molecular complexity index is 10.8. The van der Waals surface area contributed by atoms with Crippen molar-refractivity contribution >= 4 is 41.9 Å². The first-order valence-electron chi connectivity index (χ1n) is 0.878. The molecule has 3 heteroatoms. The van der Waals surface area contributed by atoms with Gasteiger partial charge in [-0.25, -0.2) is 0 Å². The first-order chi connectivity index (χ1) is 1.73. The van der Waals surface area contributed by atoms with Crippen LogP contribution in [-0.2, 0) is 0 Å². The summed E-state index contributed by atoms with van der Waals surface area (Å²) in [5, 5.41) is 0. The monoisotopic (exact) mass is 381 g/mol. The van der Waals surface area contributed by atoms with Crippen molar-refractivity contribution in [2.24, 2.45) is 0 Å². The molecule has 0 aromatic rings. The van der Waals surface area contributed by atoms with Gasteiger partial charge in [0.15, 0.2) is 0 Å². The molecule has 0 aliphatic rings. The first-order valence-corrected chi connectivity index (χ1v) is 21.6. The zero-order valence-corrected chi connectivity index (χ0v) is 9.32. The molecule has 0 heterocycles. The molecule has 0 aromatic carbocycles. The maximum absolute atomic E-state index is 3.40. The Morgan fingerprint density at radius 3 is 1.50 bits per heavy atom. The molecule has 25 valence electrons. The van der Waals surface area contributed by atoms with Gasteiger partial charge in [0.25, 0.3) is 0 Å². The van der Waals surface area contributed by atoms with Crippen LogP contribution in [0, 0.1) is 0 Å². The van der Waals surface area contributed by atoms with Crippen LogP contribution in [0.2, 0.25) is 4.48 Å². The number of rotatable bonds is 0. The van der Waals surface area contributed by atoms with Gasteiger partial charge in [0.1, 0.15) is 0 Å². The van der Waals surface area contributed by atoms with E-state index in [2.05, 4.69) is 28.5 Å². The number of hydrogen-bond donors (Lipinski definition) is 0. The fraction of sp³-hybridized carbons (Fsp3) is 1.00. The van der Waals surface area contributed by atoms with Crippen LogP contribution in [0.25, 0.3) is 0 Å². The third-order valence-electron chi connectivity index (χ3n) is 0. The van der Waals surface area contributed by atoms with Crippen LogP contribution in [0.1, 0.15) is 0 Å². The molecule has 0 spiro atoms. The van der Waals surface area contributed by atoms with Crippen molar-refractivity contribution in [3.63, 3.8) is 0 Å². The fourth-order valence-electron chi connectivity index (χ4n) is 0. The summed E-state index contributed by atoms with van der Waals surface area (Å²) in [4.78, 5) is 0. The third-order valence-corrected chi connectivity index (χ3v) is 0. The second kappa shape index (κ2) is 3.09. The van der Waals surface area contributed by atoms with Crippen molar-refractivity contribution in [1.82, 2.24) is 0 Å². The Kier molecular flexibility index (Phi) is 4.54. The molecule has 0 amide bonds. The Morgan fingerprint density at radius 1 is 1.50 bits per heavy atom. The summed E-state index contributed by atoms with van der Waals surface area (Å²) in [6, 6.07) is 0. The quantitative estimate of drug-likeness (QED) is 0.562. The van der Waals surface area contributed by atoms with E-state index in [9.17, 15) is 0 Å². The Labute approximate surface area is 45.7 Å². The average Bonchev–Trinajstić information content (AvgIpc) is 0.811. The van der Waals surface area contributed by atoms with Crippen molar-refractivity contribution in [2.75, 3.05) is 0 Å². The summed E-state index contributed by atoms with van der Waals surface area (Å²) in [6.45, 7) is 0. The van der Waals surface area contributed by atoms with Crippen LogP contribution in [0.3, 0.4) is 0 Å². The topological polar surface area (TPSA) is 0 Å². The van der Waals surface area contributed by atoms with E-state index in [0.717, 1.165) is 0 Å². The van der Waals surface area contributed by atoms with E-state index in [1.54, 1.807) is 0 Å². The summed E-state index contributed by atoms with van der Waals surface area (Å²) in [7, 11) is 0. The van der Waals surface area contributed by atoms with Gasteiger partial charge >= 0.3 is 46.3 Å². The summed E-state index contributed by atoms with van der Waals surface area (Å²) in [5.74, 6) is 0. The molecule has 0 saturated heterocycles. The number of hydrogen-bond acceptors (Lipinski definition) is 0. The molecule has 0 aliphatic heterocycles. The molecule has 0 saturated carbocycles. The van der Waals surface area contributed by atoms with Crippen LogP contribution in [0.5, 0.6) is 0 Å². The second-order valence-corrected chi connectivity index (χ2v) is 34.2. The molecule has 0 aliphatic carbocycles. The molecule has 0 rings (SSSR count). The van der Waals surface area contributed by atoms with Crippen molar-refractivity contribution in [2.45, 2.75) is 4.48 Å².